The highest BCUT2D eigenvalue weighted by molar-refractivity contribution is 5.21. The van der Waals surface area contributed by atoms with E-state index in [9.17, 15) is 0 Å². The molecule has 0 saturated heterocycles. The Hall–Kier alpha value is -1.68. The van der Waals surface area contributed by atoms with E-state index < -0.39 is 0 Å². The third-order valence-corrected chi connectivity index (χ3v) is 2.95. The van der Waals surface area contributed by atoms with E-state index in [4.69, 9.17) is 4.52 Å². The van der Waals surface area contributed by atoms with Crippen molar-refractivity contribution in [1.82, 2.24) is 15.5 Å². The van der Waals surface area contributed by atoms with Gasteiger partial charge in [-0.05, 0) is 32.4 Å². The average molecular weight is 231 g/mol. The van der Waals surface area contributed by atoms with Crippen LogP contribution in [0.1, 0.15) is 35.5 Å². The Morgan fingerprint density at radius 2 is 2.24 bits per heavy atom. The van der Waals surface area contributed by atoms with Crippen LogP contribution in [0.15, 0.2) is 29.0 Å². The van der Waals surface area contributed by atoms with E-state index in [-0.39, 0.29) is 6.04 Å². The molecule has 4 nitrogen and oxygen atoms in total. The van der Waals surface area contributed by atoms with Crippen LogP contribution in [-0.2, 0) is 6.54 Å². The smallest absolute Gasteiger partial charge is 0.138 e. The summed E-state index contributed by atoms with van der Waals surface area (Å²) in [4.78, 5) is 4.11. The first-order valence-corrected chi connectivity index (χ1v) is 5.73. The van der Waals surface area contributed by atoms with Crippen molar-refractivity contribution < 1.29 is 4.52 Å². The second-order valence-electron chi connectivity index (χ2n) is 4.19. The maximum atomic E-state index is 5.13. The van der Waals surface area contributed by atoms with Crippen LogP contribution in [0, 0.1) is 13.8 Å². The molecule has 0 aromatic carbocycles. The normalized spacial score (nSPS) is 12.6. The Labute approximate surface area is 101 Å². The molecule has 0 amide bonds. The molecule has 0 unspecified atom stereocenters. The molecule has 0 bridgehead atoms. The molecule has 1 N–H and O–H groups in total. The van der Waals surface area contributed by atoms with Gasteiger partial charge in [0, 0.05) is 30.5 Å². The SMILES string of the molecule is Cc1noc(C)c1CN[C@H](C)c1cccnc1. The zero-order chi connectivity index (χ0) is 12.3. The van der Waals surface area contributed by atoms with Gasteiger partial charge in [-0.1, -0.05) is 11.2 Å². The largest absolute Gasteiger partial charge is 0.361 e. The molecule has 4 heteroatoms. The first kappa shape index (κ1) is 11.8. The molecule has 90 valence electrons. The Kier molecular flexibility index (Phi) is 3.54. The van der Waals surface area contributed by atoms with Gasteiger partial charge in [0.05, 0.1) is 5.69 Å². The number of aryl methyl sites for hydroxylation is 2. The van der Waals surface area contributed by atoms with Crippen molar-refractivity contribution in [2.45, 2.75) is 33.4 Å². The second-order valence-corrected chi connectivity index (χ2v) is 4.19. The Morgan fingerprint density at radius 1 is 1.41 bits per heavy atom. The molecule has 0 radical (unpaired) electrons. The molecule has 0 fully saturated rings. The number of nitrogens with one attached hydrogen (secondary N) is 1. The highest BCUT2D eigenvalue weighted by Gasteiger charge is 2.10. The molecule has 1 atom stereocenters. The molecule has 0 aliphatic carbocycles. The van der Waals surface area contributed by atoms with E-state index in [1.54, 1.807) is 6.20 Å². The van der Waals surface area contributed by atoms with Gasteiger partial charge in [-0.3, -0.25) is 4.98 Å². The van der Waals surface area contributed by atoms with E-state index >= 15 is 0 Å². The average Bonchev–Trinajstić information content (AvgIpc) is 2.67. The number of hydrogen-bond acceptors (Lipinski definition) is 4. The fraction of sp³-hybridized carbons (Fsp3) is 0.385. The molecular weight excluding hydrogens is 214 g/mol. The van der Waals surface area contributed by atoms with E-state index in [0.717, 1.165) is 23.6 Å². The van der Waals surface area contributed by atoms with Gasteiger partial charge in [0.2, 0.25) is 0 Å². The van der Waals surface area contributed by atoms with Crippen LogP contribution < -0.4 is 5.32 Å². The summed E-state index contributed by atoms with van der Waals surface area (Å²) in [5, 5.41) is 7.38. The van der Waals surface area contributed by atoms with Crippen LogP contribution in [0.4, 0.5) is 0 Å². The van der Waals surface area contributed by atoms with Gasteiger partial charge in [-0.25, -0.2) is 0 Å². The van der Waals surface area contributed by atoms with Crippen LogP contribution >= 0.6 is 0 Å². The summed E-state index contributed by atoms with van der Waals surface area (Å²) < 4.78 is 5.13. The fourth-order valence-electron chi connectivity index (χ4n) is 1.76. The summed E-state index contributed by atoms with van der Waals surface area (Å²) in [6, 6.07) is 4.28. The van der Waals surface area contributed by atoms with Crippen molar-refractivity contribution in [1.29, 1.82) is 0 Å². The van der Waals surface area contributed by atoms with Crippen LogP contribution in [0.5, 0.6) is 0 Å². The quantitative estimate of drug-likeness (QED) is 0.878. The first-order chi connectivity index (χ1) is 8.18. The molecule has 17 heavy (non-hydrogen) atoms. The number of nitrogens with zero attached hydrogens (tertiary/aromatic N) is 2. The number of hydrogen-bond donors (Lipinski definition) is 1. The number of aromatic nitrogens is 2. The molecule has 2 heterocycles. The minimum absolute atomic E-state index is 0.261. The molecule has 2 aromatic rings. The summed E-state index contributed by atoms with van der Waals surface area (Å²) in [5.41, 5.74) is 3.27. The van der Waals surface area contributed by atoms with Crippen LogP contribution in [-0.4, -0.2) is 10.1 Å². The van der Waals surface area contributed by atoms with Crippen LogP contribution in [0.25, 0.3) is 0 Å². The van der Waals surface area contributed by atoms with E-state index in [1.807, 2.05) is 26.1 Å². The lowest BCUT2D eigenvalue weighted by Gasteiger charge is -2.13. The third kappa shape index (κ3) is 2.71. The van der Waals surface area contributed by atoms with Crippen LogP contribution in [0.3, 0.4) is 0 Å². The topological polar surface area (TPSA) is 51.0 Å². The highest BCUT2D eigenvalue weighted by atomic mass is 16.5. The molecule has 2 rings (SSSR count). The first-order valence-electron chi connectivity index (χ1n) is 5.73. The van der Waals surface area contributed by atoms with Gasteiger partial charge in [-0.15, -0.1) is 0 Å². The number of pyridine rings is 1. The molecule has 0 spiro atoms. The summed E-state index contributed by atoms with van der Waals surface area (Å²) >= 11 is 0. The van der Waals surface area contributed by atoms with Crippen molar-refractivity contribution in [2.24, 2.45) is 0 Å². The number of rotatable bonds is 4. The summed E-state index contributed by atoms with van der Waals surface area (Å²) in [7, 11) is 0. The molecule has 2 aromatic heterocycles. The van der Waals surface area contributed by atoms with E-state index in [0.29, 0.717) is 0 Å². The van der Waals surface area contributed by atoms with Gasteiger partial charge in [0.25, 0.3) is 0 Å². The van der Waals surface area contributed by atoms with Crippen molar-refractivity contribution >= 4 is 0 Å². The predicted octanol–water partition coefficient (Wildman–Crippen LogP) is 2.54. The fourth-order valence-corrected chi connectivity index (χ4v) is 1.76. The van der Waals surface area contributed by atoms with E-state index in [1.165, 1.54) is 5.56 Å². The zero-order valence-electron chi connectivity index (χ0n) is 10.4. The third-order valence-electron chi connectivity index (χ3n) is 2.95. The Bertz CT molecular complexity index is 459. The molecule has 0 saturated carbocycles. The highest BCUT2D eigenvalue weighted by Crippen LogP contribution is 2.15. The predicted molar refractivity (Wildman–Crippen MR) is 65.5 cm³/mol. The monoisotopic (exact) mass is 231 g/mol. The van der Waals surface area contributed by atoms with Crippen LogP contribution in [0.2, 0.25) is 0 Å². The summed E-state index contributed by atoms with van der Waals surface area (Å²) in [5.74, 6) is 0.883. The molecule has 0 aliphatic rings. The lowest BCUT2D eigenvalue weighted by molar-refractivity contribution is 0.391. The van der Waals surface area contributed by atoms with Crippen molar-refractivity contribution in [3.63, 3.8) is 0 Å². The van der Waals surface area contributed by atoms with Crippen molar-refractivity contribution in [3.8, 4) is 0 Å². The Balaban J connectivity index is 1.99. The van der Waals surface area contributed by atoms with E-state index in [2.05, 4.69) is 28.4 Å². The lowest BCUT2D eigenvalue weighted by atomic mass is 10.1. The zero-order valence-corrected chi connectivity index (χ0v) is 10.4. The molecular formula is C13H17N3O. The minimum atomic E-state index is 0.261. The maximum absolute atomic E-state index is 5.13. The molecule has 0 aliphatic heterocycles. The summed E-state index contributed by atoms with van der Waals surface area (Å²) in [6.45, 7) is 6.78. The summed E-state index contributed by atoms with van der Waals surface area (Å²) in [6.07, 6.45) is 3.66. The lowest BCUT2D eigenvalue weighted by Crippen LogP contribution is -2.18. The van der Waals surface area contributed by atoms with Crippen molar-refractivity contribution in [3.05, 3.63) is 47.1 Å². The van der Waals surface area contributed by atoms with Gasteiger partial charge in [0.15, 0.2) is 0 Å². The van der Waals surface area contributed by atoms with Gasteiger partial charge >= 0.3 is 0 Å². The minimum Gasteiger partial charge on any atom is -0.361 e. The maximum Gasteiger partial charge on any atom is 0.138 e. The van der Waals surface area contributed by atoms with Crippen molar-refractivity contribution in [2.75, 3.05) is 0 Å². The van der Waals surface area contributed by atoms with Gasteiger partial charge in [0.1, 0.15) is 5.76 Å². The standard InChI is InChI=1S/C13H17N3O/c1-9(12-5-4-6-14-7-12)15-8-13-10(2)16-17-11(13)3/h4-7,9,15H,8H2,1-3H3/t9-/m1/s1. The van der Waals surface area contributed by atoms with Gasteiger partial charge < -0.3 is 9.84 Å². The second kappa shape index (κ2) is 5.10. The van der Waals surface area contributed by atoms with Gasteiger partial charge in [-0.2, -0.15) is 0 Å². The Morgan fingerprint density at radius 3 is 2.82 bits per heavy atom.